The van der Waals surface area contributed by atoms with Crippen molar-refractivity contribution in [1.29, 1.82) is 0 Å². The minimum atomic E-state index is 0.174. The monoisotopic (exact) mass is 254 g/mol. The highest BCUT2D eigenvalue weighted by molar-refractivity contribution is 5.77. The molecule has 1 spiro atoms. The summed E-state index contributed by atoms with van der Waals surface area (Å²) in [6, 6.07) is 0. The SMILES string of the molecule is CCCOCC(=O)N1CCCC2(CCCNC2)C1. The van der Waals surface area contributed by atoms with Crippen LogP contribution in [0.4, 0.5) is 0 Å². The summed E-state index contributed by atoms with van der Waals surface area (Å²) in [7, 11) is 0. The van der Waals surface area contributed by atoms with Gasteiger partial charge in [-0.05, 0) is 38.6 Å². The highest BCUT2D eigenvalue weighted by Crippen LogP contribution is 2.35. The van der Waals surface area contributed by atoms with Gasteiger partial charge < -0.3 is 15.0 Å². The molecule has 1 N–H and O–H groups in total. The first-order valence-corrected chi connectivity index (χ1v) is 7.32. The maximum absolute atomic E-state index is 12.1. The lowest BCUT2D eigenvalue weighted by molar-refractivity contribution is -0.140. The summed E-state index contributed by atoms with van der Waals surface area (Å²) < 4.78 is 5.37. The Bertz CT molecular complexity index is 269. The summed E-state index contributed by atoms with van der Waals surface area (Å²) in [6.07, 6.45) is 5.88. The Balaban J connectivity index is 1.83. The summed E-state index contributed by atoms with van der Waals surface area (Å²) in [6.45, 7) is 7.06. The molecule has 2 fully saturated rings. The van der Waals surface area contributed by atoms with Crippen LogP contribution in [0.15, 0.2) is 0 Å². The van der Waals surface area contributed by atoms with E-state index in [-0.39, 0.29) is 12.5 Å². The topological polar surface area (TPSA) is 41.6 Å². The summed E-state index contributed by atoms with van der Waals surface area (Å²) >= 11 is 0. The van der Waals surface area contributed by atoms with Crippen molar-refractivity contribution in [2.45, 2.75) is 39.0 Å². The van der Waals surface area contributed by atoms with Crippen molar-refractivity contribution in [3.8, 4) is 0 Å². The Hall–Kier alpha value is -0.610. The van der Waals surface area contributed by atoms with Gasteiger partial charge in [0.05, 0.1) is 0 Å². The third-order valence-corrected chi connectivity index (χ3v) is 4.15. The van der Waals surface area contributed by atoms with Gasteiger partial charge in [-0.3, -0.25) is 4.79 Å². The second kappa shape index (κ2) is 6.53. The van der Waals surface area contributed by atoms with Crippen LogP contribution in [0.3, 0.4) is 0 Å². The van der Waals surface area contributed by atoms with Crippen LogP contribution in [0.25, 0.3) is 0 Å². The van der Waals surface area contributed by atoms with E-state index in [1.807, 2.05) is 4.90 Å². The second-order valence-corrected chi connectivity index (χ2v) is 5.75. The largest absolute Gasteiger partial charge is 0.372 e. The van der Waals surface area contributed by atoms with Gasteiger partial charge >= 0.3 is 0 Å². The lowest BCUT2D eigenvalue weighted by Gasteiger charge is -2.45. The molecule has 2 saturated heterocycles. The smallest absolute Gasteiger partial charge is 0.248 e. The van der Waals surface area contributed by atoms with E-state index < -0.39 is 0 Å². The van der Waals surface area contributed by atoms with Gasteiger partial charge in [0.1, 0.15) is 6.61 Å². The van der Waals surface area contributed by atoms with Crippen molar-refractivity contribution in [2.24, 2.45) is 5.41 Å². The van der Waals surface area contributed by atoms with Gasteiger partial charge in [0.15, 0.2) is 0 Å². The average Bonchev–Trinajstić information content (AvgIpc) is 2.40. The van der Waals surface area contributed by atoms with Crippen molar-refractivity contribution in [3.05, 3.63) is 0 Å². The van der Waals surface area contributed by atoms with E-state index in [1.54, 1.807) is 0 Å². The Morgan fingerprint density at radius 1 is 1.39 bits per heavy atom. The van der Waals surface area contributed by atoms with Crippen molar-refractivity contribution < 1.29 is 9.53 Å². The molecule has 0 aromatic rings. The zero-order valence-electron chi connectivity index (χ0n) is 11.5. The molecule has 2 aliphatic rings. The van der Waals surface area contributed by atoms with Crippen LogP contribution >= 0.6 is 0 Å². The first kappa shape index (κ1) is 13.8. The van der Waals surface area contributed by atoms with Gasteiger partial charge in [0.2, 0.25) is 5.91 Å². The molecule has 0 radical (unpaired) electrons. The van der Waals surface area contributed by atoms with Crippen LogP contribution < -0.4 is 5.32 Å². The minimum absolute atomic E-state index is 0.174. The molecular weight excluding hydrogens is 228 g/mol. The Morgan fingerprint density at radius 3 is 2.94 bits per heavy atom. The molecule has 0 bridgehead atoms. The van der Waals surface area contributed by atoms with Gasteiger partial charge in [0, 0.05) is 31.7 Å². The minimum Gasteiger partial charge on any atom is -0.372 e. The van der Waals surface area contributed by atoms with Crippen molar-refractivity contribution in [1.82, 2.24) is 10.2 Å². The van der Waals surface area contributed by atoms with Crippen LogP contribution in [0.1, 0.15) is 39.0 Å². The van der Waals surface area contributed by atoms with E-state index in [0.717, 1.165) is 39.0 Å². The predicted molar refractivity (Wildman–Crippen MR) is 71.5 cm³/mol. The van der Waals surface area contributed by atoms with Gasteiger partial charge in [-0.25, -0.2) is 0 Å². The molecule has 4 nitrogen and oxygen atoms in total. The molecule has 2 heterocycles. The average molecular weight is 254 g/mol. The number of nitrogens with zero attached hydrogens (tertiary/aromatic N) is 1. The van der Waals surface area contributed by atoms with Crippen LogP contribution in [-0.2, 0) is 9.53 Å². The molecule has 2 aliphatic heterocycles. The number of carbonyl (C=O) groups excluding carboxylic acids is 1. The summed E-state index contributed by atoms with van der Waals surface area (Å²) in [5, 5.41) is 3.49. The molecule has 0 aromatic carbocycles. The fourth-order valence-corrected chi connectivity index (χ4v) is 3.19. The van der Waals surface area contributed by atoms with Gasteiger partial charge in [-0.1, -0.05) is 6.92 Å². The Labute approximate surface area is 110 Å². The zero-order chi connectivity index (χ0) is 12.8. The maximum atomic E-state index is 12.1. The number of likely N-dealkylation sites (tertiary alicyclic amines) is 1. The number of carbonyl (C=O) groups is 1. The molecule has 104 valence electrons. The van der Waals surface area contributed by atoms with Crippen LogP contribution in [0, 0.1) is 5.41 Å². The van der Waals surface area contributed by atoms with Crippen molar-refractivity contribution >= 4 is 5.91 Å². The van der Waals surface area contributed by atoms with E-state index in [1.165, 1.54) is 19.3 Å². The maximum Gasteiger partial charge on any atom is 0.248 e. The predicted octanol–water partition coefficient (Wildman–Crippen LogP) is 1.41. The molecule has 4 heteroatoms. The van der Waals surface area contributed by atoms with Crippen molar-refractivity contribution in [3.63, 3.8) is 0 Å². The number of hydrogen-bond donors (Lipinski definition) is 1. The number of amides is 1. The summed E-state index contributed by atoms with van der Waals surface area (Å²) in [5.41, 5.74) is 0.344. The first-order valence-electron chi connectivity index (χ1n) is 7.32. The lowest BCUT2D eigenvalue weighted by Crippen LogP contribution is -2.53. The molecule has 1 amide bonds. The normalized spacial score (nSPS) is 28.6. The molecule has 2 rings (SSSR count). The Morgan fingerprint density at radius 2 is 2.22 bits per heavy atom. The first-order chi connectivity index (χ1) is 8.76. The van der Waals surface area contributed by atoms with Crippen LogP contribution in [-0.4, -0.2) is 50.2 Å². The van der Waals surface area contributed by atoms with Crippen LogP contribution in [0.5, 0.6) is 0 Å². The number of nitrogens with one attached hydrogen (secondary N) is 1. The zero-order valence-corrected chi connectivity index (χ0v) is 11.5. The molecule has 0 aromatic heterocycles. The lowest BCUT2D eigenvalue weighted by atomic mass is 9.74. The number of hydrogen-bond acceptors (Lipinski definition) is 3. The van der Waals surface area contributed by atoms with Crippen molar-refractivity contribution in [2.75, 3.05) is 39.4 Å². The molecule has 0 aliphatic carbocycles. The van der Waals surface area contributed by atoms with Gasteiger partial charge in [-0.15, -0.1) is 0 Å². The molecule has 0 saturated carbocycles. The van der Waals surface area contributed by atoms with E-state index >= 15 is 0 Å². The molecule has 1 unspecified atom stereocenters. The highest BCUT2D eigenvalue weighted by atomic mass is 16.5. The standard InChI is InChI=1S/C14H26N2O2/c1-2-9-18-10-13(17)16-8-4-6-14(12-16)5-3-7-15-11-14/h15H,2-12H2,1H3. The van der Waals surface area contributed by atoms with E-state index in [0.29, 0.717) is 12.0 Å². The third kappa shape index (κ3) is 3.45. The molecule has 1 atom stereocenters. The second-order valence-electron chi connectivity index (χ2n) is 5.75. The number of piperidine rings is 2. The van der Waals surface area contributed by atoms with Gasteiger partial charge in [0.25, 0.3) is 0 Å². The highest BCUT2D eigenvalue weighted by Gasteiger charge is 2.37. The molecular formula is C14H26N2O2. The summed E-state index contributed by atoms with van der Waals surface area (Å²) in [5.74, 6) is 0.174. The fourth-order valence-electron chi connectivity index (χ4n) is 3.19. The number of ether oxygens (including phenoxy) is 1. The molecule has 18 heavy (non-hydrogen) atoms. The fraction of sp³-hybridized carbons (Fsp3) is 0.929. The van der Waals surface area contributed by atoms with Gasteiger partial charge in [-0.2, -0.15) is 0 Å². The van der Waals surface area contributed by atoms with Crippen LogP contribution in [0.2, 0.25) is 0 Å². The van der Waals surface area contributed by atoms with E-state index in [2.05, 4.69) is 12.2 Å². The third-order valence-electron chi connectivity index (χ3n) is 4.15. The quantitative estimate of drug-likeness (QED) is 0.771. The van der Waals surface area contributed by atoms with E-state index in [4.69, 9.17) is 4.74 Å². The Kier molecular flexibility index (Phi) is 5.01. The number of rotatable bonds is 4. The van der Waals surface area contributed by atoms with E-state index in [9.17, 15) is 4.79 Å². The summed E-state index contributed by atoms with van der Waals surface area (Å²) in [4.78, 5) is 14.1.